The summed E-state index contributed by atoms with van der Waals surface area (Å²) in [4.78, 5) is 4.43. The average molecular weight is 249 g/mol. The zero-order valence-corrected chi connectivity index (χ0v) is 11.0. The second-order valence-corrected chi connectivity index (χ2v) is 7.24. The maximum absolute atomic E-state index is 11.7. The molecule has 2 rings (SSSR count). The summed E-state index contributed by atoms with van der Waals surface area (Å²) >= 11 is 0. The minimum atomic E-state index is -3.19. The Morgan fingerprint density at radius 2 is 1.71 bits per heavy atom. The van der Waals surface area contributed by atoms with E-state index in [9.17, 15) is 8.42 Å². The molecule has 0 saturated heterocycles. The van der Waals surface area contributed by atoms with Crippen LogP contribution in [0.25, 0.3) is 10.9 Å². The largest absolute Gasteiger partial charge is 0.251 e. The molecule has 4 heteroatoms. The summed E-state index contributed by atoms with van der Waals surface area (Å²) in [5.41, 5.74) is 1.40. The van der Waals surface area contributed by atoms with Gasteiger partial charge in [-0.15, -0.1) is 0 Å². The zero-order chi connectivity index (χ0) is 12.7. The standard InChI is InChI=1S/C13H15NO2S/c1-13(2,17(3,15)16)12-9-8-10-6-4-5-7-11(10)14-12/h4-9H,1-3H3. The minimum Gasteiger partial charge on any atom is -0.251 e. The van der Waals surface area contributed by atoms with E-state index in [-0.39, 0.29) is 0 Å². The molecule has 0 aliphatic heterocycles. The highest BCUT2D eigenvalue weighted by Crippen LogP contribution is 2.28. The molecule has 2 aromatic rings. The lowest BCUT2D eigenvalue weighted by molar-refractivity contribution is 0.557. The van der Waals surface area contributed by atoms with Crippen LogP contribution in [0, 0.1) is 0 Å². The second-order valence-electron chi connectivity index (χ2n) is 4.67. The van der Waals surface area contributed by atoms with Gasteiger partial charge in [0.05, 0.1) is 11.2 Å². The number of para-hydroxylation sites is 1. The van der Waals surface area contributed by atoms with Crippen molar-refractivity contribution < 1.29 is 8.42 Å². The molecular weight excluding hydrogens is 234 g/mol. The Labute approximate surface area is 101 Å². The molecule has 3 nitrogen and oxygen atoms in total. The summed E-state index contributed by atoms with van der Waals surface area (Å²) in [6, 6.07) is 11.4. The van der Waals surface area contributed by atoms with Gasteiger partial charge in [0.15, 0.2) is 9.84 Å². The Morgan fingerprint density at radius 1 is 1.06 bits per heavy atom. The molecule has 0 radical (unpaired) electrons. The first-order chi connectivity index (χ1) is 7.82. The molecule has 1 aromatic heterocycles. The van der Waals surface area contributed by atoms with Crippen molar-refractivity contribution in [3.8, 4) is 0 Å². The molecule has 0 amide bonds. The molecule has 1 heterocycles. The highest BCUT2D eigenvalue weighted by Gasteiger charge is 2.33. The maximum Gasteiger partial charge on any atom is 0.158 e. The number of hydrogen-bond acceptors (Lipinski definition) is 3. The molecule has 17 heavy (non-hydrogen) atoms. The monoisotopic (exact) mass is 249 g/mol. The van der Waals surface area contributed by atoms with E-state index < -0.39 is 14.6 Å². The highest BCUT2D eigenvalue weighted by atomic mass is 32.2. The lowest BCUT2D eigenvalue weighted by Crippen LogP contribution is -2.29. The predicted molar refractivity (Wildman–Crippen MR) is 69.6 cm³/mol. The number of nitrogens with zero attached hydrogens (tertiary/aromatic N) is 1. The van der Waals surface area contributed by atoms with Gasteiger partial charge in [0.25, 0.3) is 0 Å². The fourth-order valence-electron chi connectivity index (χ4n) is 1.59. The molecule has 0 aliphatic carbocycles. The molecule has 0 spiro atoms. The van der Waals surface area contributed by atoms with Gasteiger partial charge in [-0.25, -0.2) is 8.42 Å². The molecule has 0 fully saturated rings. The van der Waals surface area contributed by atoms with Crippen molar-refractivity contribution in [2.45, 2.75) is 18.6 Å². The molecule has 90 valence electrons. The lowest BCUT2D eigenvalue weighted by atomic mass is 10.1. The fourth-order valence-corrected chi connectivity index (χ4v) is 2.08. The van der Waals surface area contributed by atoms with Crippen LogP contribution < -0.4 is 0 Å². The fraction of sp³-hybridized carbons (Fsp3) is 0.308. The summed E-state index contributed by atoms with van der Waals surface area (Å²) in [7, 11) is -3.19. The number of aromatic nitrogens is 1. The molecule has 0 saturated carbocycles. The SMILES string of the molecule is CC(C)(c1ccc2ccccc2n1)S(C)(=O)=O. The van der Waals surface area contributed by atoms with Crippen molar-refractivity contribution in [2.75, 3.05) is 6.26 Å². The quantitative estimate of drug-likeness (QED) is 0.821. The minimum absolute atomic E-state index is 0.582. The van der Waals surface area contributed by atoms with Gasteiger partial charge in [0.2, 0.25) is 0 Å². The molecule has 0 aliphatic rings. The van der Waals surface area contributed by atoms with E-state index in [1.165, 1.54) is 6.26 Å². The van der Waals surface area contributed by atoms with Crippen molar-refractivity contribution >= 4 is 20.7 Å². The lowest BCUT2D eigenvalue weighted by Gasteiger charge is -2.22. The Balaban J connectivity index is 2.65. The summed E-state index contributed by atoms with van der Waals surface area (Å²) in [6.45, 7) is 3.36. The van der Waals surface area contributed by atoms with E-state index in [0.29, 0.717) is 5.69 Å². The first kappa shape index (κ1) is 12.0. The van der Waals surface area contributed by atoms with E-state index in [2.05, 4.69) is 4.98 Å². The maximum atomic E-state index is 11.7. The van der Waals surface area contributed by atoms with Gasteiger partial charge in [-0.05, 0) is 26.0 Å². The predicted octanol–water partition coefficient (Wildman–Crippen LogP) is 2.51. The number of hydrogen-bond donors (Lipinski definition) is 0. The molecular formula is C13H15NO2S. The van der Waals surface area contributed by atoms with Crippen LogP contribution in [0.1, 0.15) is 19.5 Å². The summed E-state index contributed by atoms with van der Waals surface area (Å²) < 4.78 is 22.5. The van der Waals surface area contributed by atoms with Crippen LogP contribution in [-0.2, 0) is 14.6 Å². The van der Waals surface area contributed by atoms with E-state index in [1.54, 1.807) is 19.9 Å². The van der Waals surface area contributed by atoms with Crippen LogP contribution in [0.3, 0.4) is 0 Å². The third-order valence-electron chi connectivity index (χ3n) is 3.14. The van der Waals surface area contributed by atoms with Gasteiger partial charge in [-0.2, -0.15) is 0 Å². The second kappa shape index (κ2) is 3.81. The van der Waals surface area contributed by atoms with E-state index in [1.807, 2.05) is 30.3 Å². The Hall–Kier alpha value is -1.42. The summed E-state index contributed by atoms with van der Waals surface area (Å²) in [5.74, 6) is 0. The number of fused-ring (bicyclic) bond motifs is 1. The molecule has 0 atom stereocenters. The third-order valence-corrected chi connectivity index (χ3v) is 5.21. The topological polar surface area (TPSA) is 47.0 Å². The summed E-state index contributed by atoms with van der Waals surface area (Å²) in [6.07, 6.45) is 1.24. The van der Waals surface area contributed by atoms with Crippen molar-refractivity contribution in [1.29, 1.82) is 0 Å². The molecule has 0 unspecified atom stereocenters. The van der Waals surface area contributed by atoms with Gasteiger partial charge in [0.1, 0.15) is 4.75 Å². The zero-order valence-electron chi connectivity index (χ0n) is 10.1. The molecule has 0 bridgehead atoms. The normalized spacial score (nSPS) is 12.9. The number of pyridine rings is 1. The van der Waals surface area contributed by atoms with E-state index in [4.69, 9.17) is 0 Å². The average Bonchev–Trinajstić information content (AvgIpc) is 2.27. The van der Waals surface area contributed by atoms with Crippen LogP contribution in [0.5, 0.6) is 0 Å². The van der Waals surface area contributed by atoms with Gasteiger partial charge < -0.3 is 0 Å². The number of rotatable bonds is 2. The Morgan fingerprint density at radius 3 is 2.35 bits per heavy atom. The first-order valence-electron chi connectivity index (χ1n) is 5.38. The number of benzene rings is 1. The van der Waals surface area contributed by atoms with Crippen molar-refractivity contribution in [3.63, 3.8) is 0 Å². The Kier molecular flexibility index (Phi) is 2.70. The highest BCUT2D eigenvalue weighted by molar-refractivity contribution is 7.91. The first-order valence-corrected chi connectivity index (χ1v) is 7.27. The van der Waals surface area contributed by atoms with Crippen molar-refractivity contribution in [2.24, 2.45) is 0 Å². The van der Waals surface area contributed by atoms with E-state index >= 15 is 0 Å². The molecule has 1 aromatic carbocycles. The van der Waals surface area contributed by atoms with Gasteiger partial charge in [0, 0.05) is 11.6 Å². The molecule has 0 N–H and O–H groups in total. The van der Waals surface area contributed by atoms with Crippen LogP contribution in [0.2, 0.25) is 0 Å². The third kappa shape index (κ3) is 2.05. The van der Waals surface area contributed by atoms with Crippen LogP contribution in [-0.4, -0.2) is 19.7 Å². The van der Waals surface area contributed by atoms with Crippen molar-refractivity contribution in [3.05, 3.63) is 42.1 Å². The van der Waals surface area contributed by atoms with Gasteiger partial charge in [-0.3, -0.25) is 4.98 Å². The van der Waals surface area contributed by atoms with Crippen molar-refractivity contribution in [1.82, 2.24) is 4.98 Å². The number of sulfone groups is 1. The van der Waals surface area contributed by atoms with Crippen LogP contribution in [0.4, 0.5) is 0 Å². The van der Waals surface area contributed by atoms with Crippen LogP contribution in [0.15, 0.2) is 36.4 Å². The van der Waals surface area contributed by atoms with Gasteiger partial charge >= 0.3 is 0 Å². The van der Waals surface area contributed by atoms with Crippen LogP contribution >= 0.6 is 0 Å². The smallest absolute Gasteiger partial charge is 0.158 e. The Bertz CT molecular complexity index is 660. The summed E-state index contributed by atoms with van der Waals surface area (Å²) in [5, 5.41) is 1.01. The van der Waals surface area contributed by atoms with Gasteiger partial charge in [-0.1, -0.05) is 24.3 Å². The van der Waals surface area contributed by atoms with E-state index in [0.717, 1.165) is 10.9 Å².